The van der Waals surface area contributed by atoms with Gasteiger partial charge < -0.3 is 50.3 Å². The Hall–Kier alpha value is -5.49. The molecule has 3 heterocycles. The molecule has 0 fully saturated rings. The fraction of sp³-hybridized carbons (Fsp3) is 0.423. The SMILES string of the molecule is CC.CC.CCN(CCOc1ccc(NCS)cc1)C(=O)OC(C)(C)C.CCNCCOc1ccc(Nc2nc(N)c(C(=O)c3ccc4c(c3)CCO4)s2)cc1.O=C(CBr)c1ccc2c(c1)CCO2. The average molecular weight is 1050 g/mol. The molecular weight excluding hydrogens is 981 g/mol. The van der Waals surface area contributed by atoms with E-state index in [4.69, 9.17) is 29.4 Å². The second kappa shape index (κ2) is 30.9. The molecule has 0 aliphatic carbocycles. The average Bonchev–Trinajstić information content (AvgIpc) is 4.13. The first-order valence-corrected chi connectivity index (χ1v) is 26.1. The van der Waals surface area contributed by atoms with Crippen LogP contribution in [0.25, 0.3) is 0 Å². The number of alkyl halides is 1. The summed E-state index contributed by atoms with van der Waals surface area (Å²) in [6, 6.07) is 26.3. The number of Topliss-reactive ketones (excluding diaryl/α,β-unsaturated/α-hetero) is 1. The molecule has 2 aliphatic heterocycles. The Morgan fingerprint density at radius 1 is 0.812 bits per heavy atom. The molecule has 2 aliphatic rings. The van der Waals surface area contributed by atoms with Crippen molar-refractivity contribution in [2.24, 2.45) is 0 Å². The van der Waals surface area contributed by atoms with Crippen LogP contribution in [0.1, 0.15) is 99.0 Å². The third kappa shape index (κ3) is 19.4. The van der Waals surface area contributed by atoms with Gasteiger partial charge in [-0.05, 0) is 130 Å². The molecule has 7 rings (SSSR count). The first-order valence-electron chi connectivity index (χ1n) is 23.5. The molecule has 376 valence electrons. The number of anilines is 4. The number of benzene rings is 4. The number of halogens is 1. The summed E-state index contributed by atoms with van der Waals surface area (Å²) in [5.41, 5.74) is 10.9. The third-order valence-electron chi connectivity index (χ3n) is 9.65. The summed E-state index contributed by atoms with van der Waals surface area (Å²) in [5.74, 6) is 4.14. The van der Waals surface area contributed by atoms with E-state index in [0.29, 0.717) is 59.7 Å². The van der Waals surface area contributed by atoms with Crippen LogP contribution in [0.3, 0.4) is 0 Å². The van der Waals surface area contributed by atoms with Crippen molar-refractivity contribution in [1.82, 2.24) is 15.2 Å². The number of aromatic nitrogens is 1. The number of carbonyl (C=O) groups excluding carboxylic acids is 3. The summed E-state index contributed by atoms with van der Waals surface area (Å²) in [7, 11) is 0. The molecule has 5 aromatic rings. The van der Waals surface area contributed by atoms with Crippen molar-refractivity contribution in [3.63, 3.8) is 0 Å². The van der Waals surface area contributed by atoms with Crippen LogP contribution in [-0.4, -0.2) is 97.0 Å². The number of nitrogens with zero attached hydrogens (tertiary/aromatic N) is 2. The largest absolute Gasteiger partial charge is 0.493 e. The first kappa shape index (κ1) is 57.8. The van der Waals surface area contributed by atoms with Gasteiger partial charge >= 0.3 is 6.09 Å². The van der Waals surface area contributed by atoms with E-state index in [1.165, 1.54) is 11.3 Å². The molecule has 0 spiro atoms. The van der Waals surface area contributed by atoms with Gasteiger partial charge in [0.2, 0.25) is 5.78 Å². The number of nitrogen functional groups attached to an aromatic ring is 1. The second-order valence-electron chi connectivity index (χ2n) is 15.6. The van der Waals surface area contributed by atoms with Crippen molar-refractivity contribution in [1.29, 1.82) is 0 Å². The highest BCUT2D eigenvalue weighted by Crippen LogP contribution is 2.33. The normalized spacial score (nSPS) is 11.6. The summed E-state index contributed by atoms with van der Waals surface area (Å²) in [6.07, 6.45) is 1.42. The van der Waals surface area contributed by atoms with E-state index in [1.807, 2.05) is 134 Å². The molecule has 0 bridgehead atoms. The molecule has 1 aromatic heterocycles. The molecule has 0 unspecified atom stereocenters. The Kier molecular flexibility index (Phi) is 25.9. The molecule has 14 nitrogen and oxygen atoms in total. The zero-order valence-electron chi connectivity index (χ0n) is 41.5. The van der Waals surface area contributed by atoms with Gasteiger partial charge in [0, 0.05) is 48.4 Å². The van der Waals surface area contributed by atoms with Gasteiger partial charge in [0.1, 0.15) is 52.5 Å². The highest BCUT2D eigenvalue weighted by atomic mass is 79.9. The lowest BCUT2D eigenvalue weighted by Gasteiger charge is -2.26. The van der Waals surface area contributed by atoms with Crippen LogP contribution in [0.4, 0.5) is 27.1 Å². The number of hydrogen-bond acceptors (Lipinski definition) is 15. The second-order valence-corrected chi connectivity index (χ2v) is 17.5. The van der Waals surface area contributed by atoms with Gasteiger partial charge in [-0.3, -0.25) is 9.59 Å². The van der Waals surface area contributed by atoms with E-state index >= 15 is 0 Å². The summed E-state index contributed by atoms with van der Waals surface area (Å²) < 4.78 is 27.5. The standard InChI is InChI=1S/C22H24N4O3S.C16H26N2O3S.C10H9BrO2.2C2H6/c1-2-24-10-12-28-17-6-4-16(5-7-17)25-22-26-21(23)20(30-22)19(27)15-3-8-18-14(13-15)9-11-29-18;1-5-18(15(19)21-16(2,3)4)10-11-20-14-8-6-13(7-9-14)17-12-22;11-6-9(12)7-1-2-10-8(5-7)3-4-13-10;2*1-2/h3-8,13,24H,2,9-12,23H2,1H3,(H,25,26);6-9,17,22H,5,10-12H2,1-4H3;1-2,5H,3-4,6H2;2*1-2H3. The molecule has 0 radical (unpaired) electrons. The molecule has 1 amide bonds. The number of thiazole rings is 1. The van der Waals surface area contributed by atoms with Crippen molar-refractivity contribution in [3.8, 4) is 23.0 Å². The van der Waals surface area contributed by atoms with Crippen LogP contribution >= 0.6 is 39.9 Å². The van der Waals surface area contributed by atoms with Crippen molar-refractivity contribution in [2.45, 2.75) is 80.8 Å². The number of hydrogen-bond donors (Lipinski definition) is 5. The fourth-order valence-electron chi connectivity index (χ4n) is 6.36. The van der Waals surface area contributed by atoms with Crippen LogP contribution in [0.15, 0.2) is 84.9 Å². The number of thiol groups is 1. The molecule has 0 saturated carbocycles. The Bertz CT molecular complexity index is 2320. The molecule has 69 heavy (non-hydrogen) atoms. The molecular formula is C52H71BrN6O8S2. The lowest BCUT2D eigenvalue weighted by Crippen LogP contribution is -2.38. The Balaban J connectivity index is 0.000000283. The van der Waals surface area contributed by atoms with E-state index in [0.717, 1.165) is 83.6 Å². The number of likely N-dealkylation sites (N-methyl/N-ethyl adjacent to an activating group) is 2. The maximum Gasteiger partial charge on any atom is 0.410 e. The van der Waals surface area contributed by atoms with Crippen molar-refractivity contribution in [2.75, 3.05) is 80.2 Å². The highest BCUT2D eigenvalue weighted by Gasteiger charge is 2.22. The monoisotopic (exact) mass is 1050 g/mol. The van der Waals surface area contributed by atoms with Crippen LogP contribution in [0.2, 0.25) is 0 Å². The first-order chi connectivity index (χ1) is 33.3. The number of fused-ring (bicyclic) bond motifs is 2. The molecule has 0 saturated heterocycles. The number of nitrogens with two attached hydrogens (primary N) is 1. The van der Waals surface area contributed by atoms with Crippen LogP contribution in [-0.2, 0) is 17.6 Å². The minimum atomic E-state index is -0.485. The highest BCUT2D eigenvalue weighted by molar-refractivity contribution is 9.09. The maximum absolute atomic E-state index is 12.9. The number of carbonyl (C=O) groups is 3. The van der Waals surface area contributed by atoms with Gasteiger partial charge in [0.25, 0.3) is 0 Å². The van der Waals surface area contributed by atoms with Crippen LogP contribution in [0, 0.1) is 0 Å². The van der Waals surface area contributed by atoms with Gasteiger partial charge in [-0.1, -0.05) is 61.9 Å². The zero-order chi connectivity index (χ0) is 50.8. The van der Waals surface area contributed by atoms with E-state index < -0.39 is 5.60 Å². The van der Waals surface area contributed by atoms with Crippen molar-refractivity contribution in [3.05, 3.63) is 112 Å². The zero-order valence-corrected chi connectivity index (χ0v) is 44.8. The van der Waals surface area contributed by atoms with Gasteiger partial charge in [-0.25, -0.2) is 9.78 Å². The summed E-state index contributed by atoms with van der Waals surface area (Å²) >= 11 is 8.50. The van der Waals surface area contributed by atoms with Gasteiger partial charge in [0.15, 0.2) is 10.9 Å². The maximum atomic E-state index is 12.9. The Morgan fingerprint density at radius 2 is 1.36 bits per heavy atom. The van der Waals surface area contributed by atoms with Gasteiger partial charge in [0.05, 0.1) is 31.0 Å². The van der Waals surface area contributed by atoms with Crippen molar-refractivity contribution >= 4 is 79.9 Å². The minimum Gasteiger partial charge on any atom is -0.493 e. The summed E-state index contributed by atoms with van der Waals surface area (Å²) in [4.78, 5) is 42.6. The molecule has 4 aromatic carbocycles. The lowest BCUT2D eigenvalue weighted by atomic mass is 10.0. The smallest absolute Gasteiger partial charge is 0.410 e. The van der Waals surface area contributed by atoms with Gasteiger partial charge in [-0.15, -0.1) is 0 Å². The fourth-order valence-corrected chi connectivity index (χ4v) is 7.73. The van der Waals surface area contributed by atoms with E-state index in [2.05, 4.69) is 56.4 Å². The molecule has 5 N–H and O–H groups in total. The van der Waals surface area contributed by atoms with E-state index in [1.54, 1.807) is 11.0 Å². The topological polar surface area (TPSA) is 176 Å². The predicted octanol–water partition coefficient (Wildman–Crippen LogP) is 11.5. The number of amides is 1. The quantitative estimate of drug-likeness (QED) is 0.0184. The Labute approximate surface area is 426 Å². The number of ketones is 2. The van der Waals surface area contributed by atoms with E-state index in [-0.39, 0.29) is 23.5 Å². The third-order valence-corrected chi connectivity index (χ3v) is 11.3. The predicted molar refractivity (Wildman–Crippen MR) is 289 cm³/mol. The minimum absolute atomic E-state index is 0.120. The summed E-state index contributed by atoms with van der Waals surface area (Å²) in [6.45, 7) is 22.8. The van der Waals surface area contributed by atoms with Crippen LogP contribution < -0.4 is 40.6 Å². The molecule has 17 heteroatoms. The van der Waals surface area contributed by atoms with Crippen molar-refractivity contribution < 1.29 is 38.1 Å². The van der Waals surface area contributed by atoms with E-state index in [9.17, 15) is 14.4 Å². The van der Waals surface area contributed by atoms with Gasteiger partial charge in [-0.2, -0.15) is 12.6 Å². The number of ether oxygens (including phenoxy) is 5. The molecule has 0 atom stereocenters. The lowest BCUT2D eigenvalue weighted by molar-refractivity contribution is 0.0237. The number of nitrogens with one attached hydrogen (secondary N) is 3. The number of rotatable bonds is 18. The summed E-state index contributed by atoms with van der Waals surface area (Å²) in [5, 5.41) is 10.5. The van der Waals surface area contributed by atoms with Crippen LogP contribution in [0.5, 0.6) is 23.0 Å². The Morgan fingerprint density at radius 3 is 1.90 bits per heavy atom.